The molecule has 0 bridgehead atoms. The third-order valence-corrected chi connectivity index (χ3v) is 4.30. The molecule has 0 aliphatic rings. The number of nitrogens with one attached hydrogen (secondary N) is 1. The Labute approximate surface area is 141 Å². The highest BCUT2D eigenvalue weighted by Crippen LogP contribution is 2.20. The molecule has 0 spiro atoms. The quantitative estimate of drug-likeness (QED) is 0.853. The van der Waals surface area contributed by atoms with Crippen molar-refractivity contribution < 1.29 is 4.79 Å². The SMILES string of the molecule is Cc1nc2c(c(C)c1CC(=O)N(C)C(C)CN)c(=O)[nH]n2C.Cl. The molecule has 0 radical (unpaired) electrons. The van der Waals surface area contributed by atoms with Crippen LogP contribution in [0.15, 0.2) is 4.79 Å². The van der Waals surface area contributed by atoms with E-state index < -0.39 is 0 Å². The molecular formula is C15H24ClN5O2. The van der Waals surface area contributed by atoms with Crippen molar-refractivity contribution in [1.82, 2.24) is 19.7 Å². The molecule has 23 heavy (non-hydrogen) atoms. The van der Waals surface area contributed by atoms with Gasteiger partial charge in [0.25, 0.3) is 5.56 Å². The van der Waals surface area contributed by atoms with E-state index >= 15 is 0 Å². The summed E-state index contributed by atoms with van der Waals surface area (Å²) >= 11 is 0. The molecule has 8 heteroatoms. The number of hydrogen-bond donors (Lipinski definition) is 2. The molecule has 128 valence electrons. The van der Waals surface area contributed by atoms with Crippen LogP contribution in [0.1, 0.15) is 23.7 Å². The fourth-order valence-corrected chi connectivity index (χ4v) is 2.59. The second kappa shape index (κ2) is 7.14. The molecule has 0 aliphatic carbocycles. The van der Waals surface area contributed by atoms with E-state index in [1.807, 2.05) is 20.8 Å². The fraction of sp³-hybridized carbons (Fsp3) is 0.533. The van der Waals surface area contributed by atoms with Crippen molar-refractivity contribution in [2.45, 2.75) is 33.2 Å². The van der Waals surface area contributed by atoms with Gasteiger partial charge >= 0.3 is 0 Å². The molecule has 7 nitrogen and oxygen atoms in total. The van der Waals surface area contributed by atoms with Gasteiger partial charge in [-0.15, -0.1) is 12.4 Å². The molecule has 1 unspecified atom stereocenters. The van der Waals surface area contributed by atoms with Crippen molar-refractivity contribution in [2.75, 3.05) is 13.6 Å². The number of nitrogens with zero attached hydrogens (tertiary/aromatic N) is 3. The zero-order valence-electron chi connectivity index (χ0n) is 14.1. The van der Waals surface area contributed by atoms with E-state index in [-0.39, 0.29) is 36.3 Å². The van der Waals surface area contributed by atoms with Crippen LogP contribution in [-0.4, -0.2) is 45.2 Å². The lowest BCUT2D eigenvalue weighted by atomic mass is 10.0. The van der Waals surface area contributed by atoms with Crippen LogP contribution in [-0.2, 0) is 18.3 Å². The number of amides is 1. The Morgan fingerprint density at radius 3 is 2.61 bits per heavy atom. The first-order valence-electron chi connectivity index (χ1n) is 7.28. The minimum atomic E-state index is -0.181. The Hall–Kier alpha value is -1.86. The highest BCUT2D eigenvalue weighted by atomic mass is 35.5. The molecule has 0 saturated heterocycles. The van der Waals surface area contributed by atoms with Gasteiger partial charge in [0.05, 0.1) is 11.8 Å². The van der Waals surface area contributed by atoms with E-state index in [1.165, 1.54) is 0 Å². The molecule has 2 heterocycles. The molecule has 0 aliphatic heterocycles. The van der Waals surface area contributed by atoms with Gasteiger partial charge in [0.15, 0.2) is 5.65 Å². The van der Waals surface area contributed by atoms with Gasteiger partial charge in [0.2, 0.25) is 5.91 Å². The van der Waals surface area contributed by atoms with Gasteiger partial charge < -0.3 is 10.6 Å². The number of aryl methyl sites for hydroxylation is 3. The summed E-state index contributed by atoms with van der Waals surface area (Å²) in [7, 11) is 3.49. The third-order valence-electron chi connectivity index (χ3n) is 4.30. The Bertz CT molecular complexity index is 780. The molecule has 2 rings (SSSR count). The highest BCUT2D eigenvalue weighted by Gasteiger charge is 2.20. The first-order chi connectivity index (χ1) is 10.3. The topological polar surface area (TPSA) is 97.0 Å². The van der Waals surface area contributed by atoms with Crippen LogP contribution in [0.5, 0.6) is 0 Å². The number of likely N-dealkylation sites (N-methyl/N-ethyl adjacent to an activating group) is 1. The van der Waals surface area contributed by atoms with Crippen LogP contribution in [0, 0.1) is 13.8 Å². The number of carbonyl (C=O) groups excluding carboxylic acids is 1. The van der Waals surface area contributed by atoms with Gasteiger partial charge in [0, 0.05) is 32.4 Å². The first kappa shape index (κ1) is 19.2. The number of fused-ring (bicyclic) bond motifs is 1. The highest BCUT2D eigenvalue weighted by molar-refractivity contribution is 5.85. The smallest absolute Gasteiger partial charge is 0.273 e. The number of halogens is 1. The van der Waals surface area contributed by atoms with Gasteiger partial charge in [-0.05, 0) is 31.9 Å². The summed E-state index contributed by atoms with van der Waals surface area (Å²) < 4.78 is 1.60. The maximum atomic E-state index is 12.4. The van der Waals surface area contributed by atoms with E-state index in [1.54, 1.807) is 23.7 Å². The summed E-state index contributed by atoms with van der Waals surface area (Å²) in [6.07, 6.45) is 0.218. The molecule has 1 amide bonds. The second-order valence-electron chi connectivity index (χ2n) is 5.77. The molecule has 3 N–H and O–H groups in total. The number of H-pyrrole nitrogens is 1. The average Bonchev–Trinajstić information content (AvgIpc) is 2.75. The predicted octanol–water partition coefficient (Wildman–Crippen LogP) is 0.648. The zero-order chi connectivity index (χ0) is 16.6. The Morgan fingerprint density at radius 2 is 2.04 bits per heavy atom. The molecule has 2 aromatic heterocycles. The lowest BCUT2D eigenvalue weighted by Gasteiger charge is -2.24. The number of aromatic amines is 1. The Kier molecular flexibility index (Phi) is 5.96. The van der Waals surface area contributed by atoms with E-state index in [2.05, 4.69) is 10.1 Å². The maximum absolute atomic E-state index is 12.4. The van der Waals surface area contributed by atoms with Crippen LogP contribution in [0.2, 0.25) is 0 Å². The molecule has 0 fully saturated rings. The summed E-state index contributed by atoms with van der Waals surface area (Å²) in [5.74, 6) is -0.0299. The van der Waals surface area contributed by atoms with E-state index in [0.29, 0.717) is 17.6 Å². The minimum absolute atomic E-state index is 0. The largest absolute Gasteiger partial charge is 0.341 e. The fourth-order valence-electron chi connectivity index (χ4n) is 2.59. The number of pyridine rings is 1. The Morgan fingerprint density at radius 1 is 1.43 bits per heavy atom. The summed E-state index contributed by atoms with van der Waals surface area (Å²) in [6, 6.07) is -0.0232. The molecule has 1 atom stereocenters. The van der Waals surface area contributed by atoms with E-state index in [9.17, 15) is 9.59 Å². The number of rotatable bonds is 4. The molecular weight excluding hydrogens is 318 g/mol. The van der Waals surface area contributed by atoms with Crippen LogP contribution >= 0.6 is 12.4 Å². The average molecular weight is 342 g/mol. The van der Waals surface area contributed by atoms with Crippen molar-refractivity contribution in [2.24, 2.45) is 12.8 Å². The third kappa shape index (κ3) is 3.40. The van der Waals surface area contributed by atoms with Crippen molar-refractivity contribution >= 4 is 29.3 Å². The van der Waals surface area contributed by atoms with E-state index in [0.717, 1.165) is 16.8 Å². The summed E-state index contributed by atoms with van der Waals surface area (Å²) in [6.45, 7) is 6.04. The minimum Gasteiger partial charge on any atom is -0.341 e. The van der Waals surface area contributed by atoms with E-state index in [4.69, 9.17) is 5.73 Å². The number of hydrogen-bond acceptors (Lipinski definition) is 4. The maximum Gasteiger partial charge on any atom is 0.273 e. The number of carbonyl (C=O) groups is 1. The summed E-state index contributed by atoms with van der Waals surface area (Å²) in [5.41, 5.74) is 8.42. The van der Waals surface area contributed by atoms with Crippen LogP contribution in [0.3, 0.4) is 0 Å². The first-order valence-corrected chi connectivity index (χ1v) is 7.28. The van der Waals surface area contributed by atoms with Crippen molar-refractivity contribution in [3.05, 3.63) is 27.2 Å². The lowest BCUT2D eigenvalue weighted by molar-refractivity contribution is -0.130. The van der Waals surface area contributed by atoms with Gasteiger partial charge in [-0.1, -0.05) is 0 Å². The predicted molar refractivity (Wildman–Crippen MR) is 93.0 cm³/mol. The molecule has 0 saturated carbocycles. The second-order valence-corrected chi connectivity index (χ2v) is 5.77. The molecule has 2 aromatic rings. The summed E-state index contributed by atoms with van der Waals surface area (Å²) in [4.78, 5) is 30.5. The standard InChI is InChI=1S/C15H23N5O2.ClH/c1-8(7-16)19(4)12(21)6-11-9(2)13-14(17-10(11)3)20(5)18-15(13)22;/h8H,6-7,16H2,1-5H3,(H,18,22);1H. The number of nitrogens with two attached hydrogens (primary N) is 1. The lowest BCUT2D eigenvalue weighted by Crippen LogP contribution is -2.40. The van der Waals surface area contributed by atoms with Gasteiger partial charge in [-0.3, -0.25) is 19.4 Å². The van der Waals surface area contributed by atoms with Crippen LogP contribution in [0.25, 0.3) is 11.0 Å². The monoisotopic (exact) mass is 341 g/mol. The van der Waals surface area contributed by atoms with Crippen molar-refractivity contribution in [3.63, 3.8) is 0 Å². The Balaban J connectivity index is 0.00000264. The van der Waals surface area contributed by atoms with Crippen molar-refractivity contribution in [3.8, 4) is 0 Å². The van der Waals surface area contributed by atoms with Crippen LogP contribution < -0.4 is 11.3 Å². The van der Waals surface area contributed by atoms with Gasteiger partial charge in [-0.2, -0.15) is 0 Å². The molecule has 0 aromatic carbocycles. The van der Waals surface area contributed by atoms with Crippen LogP contribution in [0.4, 0.5) is 0 Å². The van der Waals surface area contributed by atoms with Gasteiger partial charge in [-0.25, -0.2) is 4.98 Å². The summed E-state index contributed by atoms with van der Waals surface area (Å²) in [5, 5.41) is 3.25. The zero-order valence-corrected chi connectivity index (χ0v) is 15.0. The van der Waals surface area contributed by atoms with Gasteiger partial charge in [0.1, 0.15) is 0 Å². The van der Waals surface area contributed by atoms with Crippen molar-refractivity contribution in [1.29, 1.82) is 0 Å². The normalized spacial score (nSPS) is 12.1. The number of aromatic nitrogens is 3.